The molecule has 5 heteroatoms. The summed E-state index contributed by atoms with van der Waals surface area (Å²) >= 11 is 3.44. The molecule has 0 radical (unpaired) electrons. The highest BCUT2D eigenvalue weighted by Crippen LogP contribution is 2.27. The summed E-state index contributed by atoms with van der Waals surface area (Å²) in [5, 5.41) is 16.9. The fourth-order valence-corrected chi connectivity index (χ4v) is 2.20. The molecule has 4 nitrogen and oxygen atoms in total. The van der Waals surface area contributed by atoms with Gasteiger partial charge < -0.3 is 4.57 Å². The van der Waals surface area contributed by atoms with Gasteiger partial charge in [0.25, 0.3) is 0 Å². The van der Waals surface area contributed by atoms with Gasteiger partial charge in [0.15, 0.2) is 0 Å². The Balaban J connectivity index is 2.43. The summed E-state index contributed by atoms with van der Waals surface area (Å²) in [5.74, 6) is 0.773. The van der Waals surface area contributed by atoms with Crippen LogP contribution in [0.25, 0.3) is 0 Å². The molecule has 2 aromatic rings. The number of hydrogen-bond acceptors (Lipinski definition) is 3. The molecule has 1 unspecified atom stereocenters. The molecule has 0 saturated heterocycles. The number of aryl methyl sites for hydroxylation is 1. The fourth-order valence-electron chi connectivity index (χ4n) is 1.78. The van der Waals surface area contributed by atoms with Crippen LogP contribution >= 0.6 is 15.9 Å². The van der Waals surface area contributed by atoms with E-state index in [-0.39, 0.29) is 5.92 Å². The fraction of sp³-hybridized carbons (Fsp3) is 0.250. The van der Waals surface area contributed by atoms with Crippen molar-refractivity contribution in [3.8, 4) is 6.07 Å². The Morgan fingerprint density at radius 3 is 2.94 bits per heavy atom. The van der Waals surface area contributed by atoms with E-state index >= 15 is 0 Å². The Hall–Kier alpha value is -1.67. The Bertz CT molecular complexity index is 556. The second-order valence-electron chi connectivity index (χ2n) is 3.77. The van der Waals surface area contributed by atoms with Gasteiger partial charge in [-0.15, -0.1) is 10.2 Å². The van der Waals surface area contributed by atoms with Gasteiger partial charge in [-0.3, -0.25) is 0 Å². The van der Waals surface area contributed by atoms with Gasteiger partial charge in [0.2, 0.25) is 0 Å². The maximum atomic E-state index is 8.94. The van der Waals surface area contributed by atoms with Crippen molar-refractivity contribution in [3.05, 3.63) is 46.5 Å². The zero-order chi connectivity index (χ0) is 12.3. The molecule has 0 N–H and O–H groups in total. The van der Waals surface area contributed by atoms with Crippen LogP contribution in [0.2, 0.25) is 0 Å². The van der Waals surface area contributed by atoms with Crippen molar-refractivity contribution in [3.63, 3.8) is 0 Å². The summed E-state index contributed by atoms with van der Waals surface area (Å²) in [6.07, 6.45) is 2.04. The third-order valence-corrected chi connectivity index (χ3v) is 3.10. The van der Waals surface area contributed by atoms with Gasteiger partial charge in [0, 0.05) is 17.9 Å². The highest BCUT2D eigenvalue weighted by atomic mass is 79.9. The molecule has 0 aliphatic rings. The summed E-state index contributed by atoms with van der Waals surface area (Å²) in [6, 6.07) is 10.1. The lowest BCUT2D eigenvalue weighted by Gasteiger charge is -2.13. The molecule has 0 aliphatic carbocycles. The van der Waals surface area contributed by atoms with E-state index in [4.69, 9.17) is 5.26 Å². The number of nitriles is 1. The third kappa shape index (κ3) is 2.53. The molecule has 0 amide bonds. The molecule has 1 atom stereocenters. The molecule has 17 heavy (non-hydrogen) atoms. The molecular weight excluding hydrogens is 280 g/mol. The molecule has 0 spiro atoms. The van der Waals surface area contributed by atoms with Crippen molar-refractivity contribution in [1.82, 2.24) is 14.8 Å². The average molecular weight is 291 g/mol. The Morgan fingerprint density at radius 1 is 1.53 bits per heavy atom. The molecule has 0 bridgehead atoms. The van der Waals surface area contributed by atoms with Gasteiger partial charge in [0.1, 0.15) is 12.2 Å². The van der Waals surface area contributed by atoms with Gasteiger partial charge in [-0.2, -0.15) is 5.26 Å². The monoisotopic (exact) mass is 290 g/mol. The predicted octanol–water partition coefficient (Wildman–Crippen LogP) is 2.62. The second-order valence-corrected chi connectivity index (χ2v) is 4.69. The van der Waals surface area contributed by atoms with Gasteiger partial charge in [-0.25, -0.2) is 0 Å². The molecule has 1 aromatic heterocycles. The SMILES string of the molecule is Cn1cnnc1C(CC#N)c1cccc(Br)c1. The second kappa shape index (κ2) is 5.11. The molecular formula is C12H11BrN4. The minimum atomic E-state index is -0.0370. The number of hydrogen-bond donors (Lipinski definition) is 0. The maximum absolute atomic E-state index is 8.94. The van der Waals surface area contributed by atoms with Crippen molar-refractivity contribution in [1.29, 1.82) is 5.26 Å². The number of benzene rings is 1. The first kappa shape index (κ1) is 11.8. The minimum Gasteiger partial charge on any atom is -0.320 e. The molecule has 86 valence electrons. The van der Waals surface area contributed by atoms with Crippen molar-refractivity contribution < 1.29 is 0 Å². The van der Waals surface area contributed by atoms with Gasteiger partial charge >= 0.3 is 0 Å². The van der Waals surface area contributed by atoms with E-state index in [1.54, 1.807) is 6.33 Å². The molecule has 1 heterocycles. The summed E-state index contributed by atoms with van der Waals surface area (Å²) in [7, 11) is 1.89. The van der Waals surface area contributed by atoms with Crippen LogP contribution in [0.3, 0.4) is 0 Å². The average Bonchev–Trinajstić information content (AvgIpc) is 2.72. The van der Waals surface area contributed by atoms with E-state index in [1.165, 1.54) is 0 Å². The lowest BCUT2D eigenvalue weighted by molar-refractivity contribution is 0.701. The van der Waals surface area contributed by atoms with E-state index < -0.39 is 0 Å². The molecule has 2 rings (SSSR count). The van der Waals surface area contributed by atoms with Crippen LogP contribution in [0.5, 0.6) is 0 Å². The summed E-state index contributed by atoms with van der Waals surface area (Å²) in [4.78, 5) is 0. The minimum absolute atomic E-state index is 0.0370. The van der Waals surface area contributed by atoms with Crippen molar-refractivity contribution in [2.75, 3.05) is 0 Å². The van der Waals surface area contributed by atoms with E-state index in [9.17, 15) is 0 Å². The van der Waals surface area contributed by atoms with Crippen LogP contribution in [-0.4, -0.2) is 14.8 Å². The van der Waals surface area contributed by atoms with Crippen LogP contribution in [0.15, 0.2) is 35.1 Å². The van der Waals surface area contributed by atoms with E-state index in [2.05, 4.69) is 32.2 Å². The highest BCUT2D eigenvalue weighted by molar-refractivity contribution is 9.10. The van der Waals surface area contributed by atoms with Crippen molar-refractivity contribution >= 4 is 15.9 Å². The van der Waals surface area contributed by atoms with Gasteiger partial charge in [0.05, 0.1) is 12.0 Å². The lowest BCUT2D eigenvalue weighted by Crippen LogP contribution is -2.07. The van der Waals surface area contributed by atoms with Crippen LogP contribution in [0.4, 0.5) is 0 Å². The molecule has 0 fully saturated rings. The Labute approximate surface area is 108 Å². The van der Waals surface area contributed by atoms with E-state index in [0.29, 0.717) is 6.42 Å². The maximum Gasteiger partial charge on any atom is 0.141 e. The number of halogens is 1. The first-order valence-electron chi connectivity index (χ1n) is 5.18. The standard InChI is InChI=1S/C12H11BrN4/c1-17-8-15-16-12(17)11(5-6-14)9-3-2-4-10(13)7-9/h2-4,7-8,11H,5H2,1H3. The zero-order valence-corrected chi connectivity index (χ0v) is 10.9. The van der Waals surface area contributed by atoms with Crippen molar-refractivity contribution in [2.45, 2.75) is 12.3 Å². The van der Waals surface area contributed by atoms with Gasteiger partial charge in [-0.1, -0.05) is 28.1 Å². The number of rotatable bonds is 3. The quantitative estimate of drug-likeness (QED) is 0.873. The van der Waals surface area contributed by atoms with Crippen LogP contribution in [-0.2, 0) is 7.05 Å². The summed E-state index contributed by atoms with van der Waals surface area (Å²) < 4.78 is 2.85. The largest absolute Gasteiger partial charge is 0.320 e. The van der Waals surface area contributed by atoms with E-state index in [1.807, 2.05) is 35.9 Å². The Kier molecular flexibility index (Phi) is 3.55. The topological polar surface area (TPSA) is 54.5 Å². The third-order valence-electron chi connectivity index (χ3n) is 2.60. The summed E-state index contributed by atoms with van der Waals surface area (Å²) in [5.41, 5.74) is 1.07. The lowest BCUT2D eigenvalue weighted by atomic mass is 9.95. The smallest absolute Gasteiger partial charge is 0.141 e. The molecule has 0 aliphatic heterocycles. The Morgan fingerprint density at radius 2 is 2.35 bits per heavy atom. The predicted molar refractivity (Wildman–Crippen MR) is 67.2 cm³/mol. The van der Waals surface area contributed by atoms with Crippen LogP contribution < -0.4 is 0 Å². The van der Waals surface area contributed by atoms with Crippen LogP contribution in [0, 0.1) is 11.3 Å². The van der Waals surface area contributed by atoms with Gasteiger partial charge in [-0.05, 0) is 17.7 Å². The van der Waals surface area contributed by atoms with E-state index in [0.717, 1.165) is 15.9 Å². The van der Waals surface area contributed by atoms with Crippen molar-refractivity contribution in [2.24, 2.45) is 7.05 Å². The molecule has 1 aromatic carbocycles. The number of nitrogens with zero attached hydrogens (tertiary/aromatic N) is 4. The molecule has 0 saturated carbocycles. The number of aromatic nitrogens is 3. The summed E-state index contributed by atoms with van der Waals surface area (Å²) in [6.45, 7) is 0. The zero-order valence-electron chi connectivity index (χ0n) is 9.34. The highest BCUT2D eigenvalue weighted by Gasteiger charge is 2.18. The van der Waals surface area contributed by atoms with Crippen LogP contribution in [0.1, 0.15) is 23.7 Å². The normalized spacial score (nSPS) is 12.1. The first-order valence-corrected chi connectivity index (χ1v) is 5.98. The first-order chi connectivity index (χ1) is 8.22.